The third kappa shape index (κ3) is 2.52. The average Bonchev–Trinajstić information content (AvgIpc) is 2.80. The number of rotatable bonds is 2. The third-order valence-electron chi connectivity index (χ3n) is 4.26. The Hall–Kier alpha value is -0.620. The van der Waals surface area contributed by atoms with Crippen LogP contribution in [0.15, 0.2) is 24.3 Å². The summed E-state index contributed by atoms with van der Waals surface area (Å²) in [6, 6.07) is 8.46. The van der Waals surface area contributed by atoms with E-state index in [1.54, 1.807) is 0 Å². The van der Waals surface area contributed by atoms with Gasteiger partial charge in [-0.15, -0.1) is 0 Å². The Kier molecular flexibility index (Phi) is 3.80. The highest BCUT2D eigenvalue weighted by Crippen LogP contribution is 2.45. The summed E-state index contributed by atoms with van der Waals surface area (Å²) in [7, 11) is 1.47. The molecule has 3 rings (SSSR count). The topological polar surface area (TPSA) is 35.5 Å². The Morgan fingerprint density at radius 3 is 2.74 bits per heavy atom. The zero-order valence-electron chi connectivity index (χ0n) is 10.8. The van der Waals surface area contributed by atoms with Gasteiger partial charge in [0.2, 0.25) is 0 Å². The van der Waals surface area contributed by atoms with Crippen LogP contribution in [0.3, 0.4) is 0 Å². The van der Waals surface area contributed by atoms with E-state index >= 15 is 0 Å². The lowest BCUT2D eigenvalue weighted by molar-refractivity contribution is -0.156. The van der Waals surface area contributed by atoms with Gasteiger partial charge in [0.05, 0.1) is 25.2 Å². The Morgan fingerprint density at radius 1 is 1.32 bits per heavy atom. The maximum atomic E-state index is 12.1. The van der Waals surface area contributed by atoms with E-state index in [1.165, 1.54) is 16.2 Å². The SMILES string of the molecule is COC(=O)[C@@H]1[C@H]2CCC(C[C@H]1c1ccc(I)cc1)O2. The minimum atomic E-state index is -0.149. The highest BCUT2D eigenvalue weighted by atomic mass is 127. The molecule has 0 N–H and O–H groups in total. The number of ether oxygens (including phenoxy) is 2. The van der Waals surface area contributed by atoms with Gasteiger partial charge in [-0.3, -0.25) is 4.79 Å². The number of carbonyl (C=O) groups excluding carboxylic acids is 1. The van der Waals surface area contributed by atoms with Crippen LogP contribution in [0.5, 0.6) is 0 Å². The van der Waals surface area contributed by atoms with Crippen molar-refractivity contribution in [3.05, 3.63) is 33.4 Å². The fourth-order valence-corrected chi connectivity index (χ4v) is 3.73. The Labute approximate surface area is 126 Å². The fourth-order valence-electron chi connectivity index (χ4n) is 3.37. The van der Waals surface area contributed by atoms with Crippen LogP contribution in [-0.2, 0) is 14.3 Å². The first-order chi connectivity index (χ1) is 9.19. The van der Waals surface area contributed by atoms with Gasteiger partial charge >= 0.3 is 5.97 Å². The second-order valence-corrected chi connectivity index (χ2v) is 6.56. The largest absolute Gasteiger partial charge is 0.469 e. The van der Waals surface area contributed by atoms with Crippen molar-refractivity contribution in [3.8, 4) is 0 Å². The normalized spacial score (nSPS) is 33.2. The van der Waals surface area contributed by atoms with Crippen molar-refractivity contribution in [1.82, 2.24) is 0 Å². The van der Waals surface area contributed by atoms with Crippen molar-refractivity contribution >= 4 is 28.6 Å². The number of hydrogen-bond donors (Lipinski definition) is 0. The maximum Gasteiger partial charge on any atom is 0.311 e. The first-order valence-electron chi connectivity index (χ1n) is 6.68. The molecule has 102 valence electrons. The number of halogens is 1. The zero-order chi connectivity index (χ0) is 13.4. The summed E-state index contributed by atoms with van der Waals surface area (Å²) in [5.41, 5.74) is 1.23. The van der Waals surface area contributed by atoms with Crippen molar-refractivity contribution in [3.63, 3.8) is 0 Å². The highest BCUT2D eigenvalue weighted by Gasteiger charge is 2.47. The fraction of sp³-hybridized carbons (Fsp3) is 0.533. The van der Waals surface area contributed by atoms with Gasteiger partial charge in [0.1, 0.15) is 0 Å². The first kappa shape index (κ1) is 13.4. The maximum absolute atomic E-state index is 12.1. The molecule has 0 aliphatic carbocycles. The number of esters is 1. The zero-order valence-corrected chi connectivity index (χ0v) is 13.0. The molecule has 2 saturated heterocycles. The van der Waals surface area contributed by atoms with Gasteiger partial charge in [0.15, 0.2) is 0 Å². The lowest BCUT2D eigenvalue weighted by atomic mass is 9.79. The predicted octanol–water partition coefficient (Wildman–Crippen LogP) is 3.12. The monoisotopic (exact) mass is 372 g/mol. The standard InChI is InChI=1S/C15H17IO3/c1-18-15(17)14-12(8-11-6-7-13(14)19-11)9-2-4-10(16)5-3-9/h2-5,11-14H,6-8H2,1H3/t11?,12-,13+,14-/m0/s1. The molecule has 1 aromatic carbocycles. The lowest BCUT2D eigenvalue weighted by Crippen LogP contribution is -2.39. The van der Waals surface area contributed by atoms with Gasteiger partial charge in [0, 0.05) is 9.49 Å². The summed E-state index contributed by atoms with van der Waals surface area (Å²) in [6.07, 6.45) is 3.33. The summed E-state index contributed by atoms with van der Waals surface area (Å²) in [5.74, 6) is -0.0478. The minimum Gasteiger partial charge on any atom is -0.469 e. The number of carbonyl (C=O) groups is 1. The van der Waals surface area contributed by atoms with Gasteiger partial charge in [-0.25, -0.2) is 0 Å². The molecule has 2 aliphatic heterocycles. The number of methoxy groups -OCH3 is 1. The van der Waals surface area contributed by atoms with Gasteiger partial charge in [-0.1, -0.05) is 12.1 Å². The van der Waals surface area contributed by atoms with E-state index in [-0.39, 0.29) is 23.9 Å². The molecule has 4 atom stereocenters. The molecule has 2 bridgehead atoms. The first-order valence-corrected chi connectivity index (χ1v) is 7.75. The lowest BCUT2D eigenvalue weighted by Gasteiger charge is -2.35. The molecule has 3 nitrogen and oxygen atoms in total. The molecule has 4 heteroatoms. The van der Waals surface area contributed by atoms with E-state index in [2.05, 4.69) is 46.9 Å². The molecule has 0 saturated carbocycles. The molecule has 2 aliphatic rings. The van der Waals surface area contributed by atoms with Crippen LogP contribution in [0.2, 0.25) is 0 Å². The number of hydrogen-bond acceptors (Lipinski definition) is 3. The van der Waals surface area contributed by atoms with Gasteiger partial charge in [0.25, 0.3) is 0 Å². The molecule has 1 aromatic rings. The molecule has 0 amide bonds. The van der Waals surface area contributed by atoms with Crippen LogP contribution < -0.4 is 0 Å². The smallest absolute Gasteiger partial charge is 0.311 e. The van der Waals surface area contributed by atoms with Gasteiger partial charge in [-0.2, -0.15) is 0 Å². The van der Waals surface area contributed by atoms with E-state index in [0.717, 1.165) is 19.3 Å². The summed E-state index contributed by atoms with van der Waals surface area (Å²) < 4.78 is 12.1. The third-order valence-corrected chi connectivity index (χ3v) is 4.98. The van der Waals surface area contributed by atoms with E-state index < -0.39 is 0 Å². The van der Waals surface area contributed by atoms with Crippen LogP contribution in [-0.4, -0.2) is 25.3 Å². The molecule has 0 radical (unpaired) electrons. The molecule has 0 spiro atoms. The quantitative estimate of drug-likeness (QED) is 0.591. The van der Waals surface area contributed by atoms with E-state index in [0.29, 0.717) is 6.10 Å². The molecule has 2 fully saturated rings. The van der Waals surface area contributed by atoms with Crippen molar-refractivity contribution in [1.29, 1.82) is 0 Å². The Bertz CT molecular complexity index is 471. The van der Waals surface area contributed by atoms with Crippen LogP contribution in [0, 0.1) is 9.49 Å². The number of fused-ring (bicyclic) bond motifs is 2. The summed E-state index contributed by atoms with van der Waals surface area (Å²) in [6.45, 7) is 0. The van der Waals surface area contributed by atoms with Crippen LogP contribution >= 0.6 is 22.6 Å². The Balaban J connectivity index is 1.92. The van der Waals surface area contributed by atoms with E-state index in [9.17, 15) is 4.79 Å². The van der Waals surface area contributed by atoms with Crippen LogP contribution in [0.1, 0.15) is 30.7 Å². The molecule has 2 heterocycles. The molecule has 1 unspecified atom stereocenters. The van der Waals surface area contributed by atoms with Crippen LogP contribution in [0.25, 0.3) is 0 Å². The number of benzene rings is 1. The van der Waals surface area contributed by atoms with E-state index in [1.807, 2.05) is 0 Å². The van der Waals surface area contributed by atoms with Crippen molar-refractivity contribution < 1.29 is 14.3 Å². The van der Waals surface area contributed by atoms with Gasteiger partial charge in [-0.05, 0) is 59.5 Å². The second-order valence-electron chi connectivity index (χ2n) is 5.32. The molecular weight excluding hydrogens is 355 g/mol. The molecular formula is C15H17IO3. The average molecular weight is 372 g/mol. The molecule has 19 heavy (non-hydrogen) atoms. The van der Waals surface area contributed by atoms with Crippen LogP contribution in [0.4, 0.5) is 0 Å². The summed E-state index contributed by atoms with van der Waals surface area (Å²) in [4.78, 5) is 12.1. The molecule has 0 aromatic heterocycles. The van der Waals surface area contributed by atoms with Crippen molar-refractivity contribution in [2.75, 3.05) is 7.11 Å². The summed E-state index contributed by atoms with van der Waals surface area (Å²) in [5, 5.41) is 0. The highest BCUT2D eigenvalue weighted by molar-refractivity contribution is 14.1. The van der Waals surface area contributed by atoms with Crippen molar-refractivity contribution in [2.24, 2.45) is 5.92 Å². The predicted molar refractivity (Wildman–Crippen MR) is 79.9 cm³/mol. The minimum absolute atomic E-state index is 0.0375. The van der Waals surface area contributed by atoms with Gasteiger partial charge < -0.3 is 9.47 Å². The Morgan fingerprint density at radius 2 is 2.05 bits per heavy atom. The van der Waals surface area contributed by atoms with E-state index in [4.69, 9.17) is 9.47 Å². The second kappa shape index (κ2) is 5.40. The summed E-state index contributed by atoms with van der Waals surface area (Å²) >= 11 is 2.30. The van der Waals surface area contributed by atoms with Crippen molar-refractivity contribution in [2.45, 2.75) is 37.4 Å².